The summed E-state index contributed by atoms with van der Waals surface area (Å²) in [5, 5.41) is 12.3. The van der Waals surface area contributed by atoms with Crippen LogP contribution in [-0.2, 0) is 19.4 Å². The van der Waals surface area contributed by atoms with E-state index in [1.165, 1.54) is 0 Å². The molecule has 0 aliphatic rings. The van der Waals surface area contributed by atoms with Crippen molar-refractivity contribution in [2.45, 2.75) is 38.6 Å². The third kappa shape index (κ3) is 2.46. The van der Waals surface area contributed by atoms with Gasteiger partial charge in [-0.15, -0.1) is 11.6 Å². The predicted octanol–water partition coefficient (Wildman–Crippen LogP) is 1.53. The van der Waals surface area contributed by atoms with Gasteiger partial charge >= 0.3 is 0 Å². The second kappa shape index (κ2) is 4.97. The van der Waals surface area contributed by atoms with E-state index in [4.69, 9.17) is 16.9 Å². The van der Waals surface area contributed by atoms with Crippen LogP contribution in [0.5, 0.6) is 0 Å². The zero-order chi connectivity index (χ0) is 10.6. The first-order chi connectivity index (χ1) is 6.71. The Bertz CT molecular complexity index is 339. The summed E-state index contributed by atoms with van der Waals surface area (Å²) in [6.45, 7) is 4.42. The van der Waals surface area contributed by atoms with Gasteiger partial charge in [-0.3, -0.25) is 0 Å². The predicted molar refractivity (Wildman–Crippen MR) is 54.0 cm³/mol. The third-order valence-corrected chi connectivity index (χ3v) is 2.13. The lowest BCUT2D eigenvalue weighted by Gasteiger charge is -2.03. The minimum atomic E-state index is -0.535. The summed E-state index contributed by atoms with van der Waals surface area (Å²) in [7, 11) is 0. The first-order valence-electron chi connectivity index (χ1n) is 4.67. The maximum absolute atomic E-state index is 8.58. The van der Waals surface area contributed by atoms with Gasteiger partial charge in [0.15, 0.2) is 5.82 Å². The van der Waals surface area contributed by atoms with Crippen molar-refractivity contribution in [2.75, 3.05) is 0 Å². The van der Waals surface area contributed by atoms with Crippen molar-refractivity contribution >= 4 is 11.6 Å². The Kier molecular flexibility index (Phi) is 3.90. The summed E-state index contributed by atoms with van der Waals surface area (Å²) in [6.07, 6.45) is 1.61. The number of rotatable bonds is 4. The molecule has 0 saturated heterocycles. The molecule has 1 atom stereocenters. The molecule has 0 N–H and O–H groups in total. The summed E-state index contributed by atoms with van der Waals surface area (Å²) in [5.74, 6) is 1.70. The van der Waals surface area contributed by atoms with Crippen LogP contribution in [0, 0.1) is 11.3 Å². The molecule has 1 aromatic rings. The molecule has 1 aromatic heterocycles. The molecule has 1 heterocycles. The van der Waals surface area contributed by atoms with E-state index in [0.29, 0.717) is 6.54 Å². The number of alkyl halides is 1. The van der Waals surface area contributed by atoms with Gasteiger partial charge in [0.05, 0.1) is 12.6 Å². The van der Waals surface area contributed by atoms with Crippen LogP contribution in [0.15, 0.2) is 0 Å². The average Bonchev–Trinajstić information content (AvgIpc) is 2.60. The van der Waals surface area contributed by atoms with Gasteiger partial charge in [-0.05, 0) is 0 Å². The maximum Gasteiger partial charge on any atom is 0.150 e. The summed E-state index contributed by atoms with van der Waals surface area (Å²) >= 11 is 5.73. The van der Waals surface area contributed by atoms with Crippen LogP contribution in [0.4, 0.5) is 0 Å². The molecule has 0 amide bonds. The third-order valence-electron chi connectivity index (χ3n) is 1.90. The highest BCUT2D eigenvalue weighted by molar-refractivity contribution is 6.22. The normalized spacial score (nSPS) is 12.4. The monoisotopic (exact) mass is 212 g/mol. The second-order valence-electron chi connectivity index (χ2n) is 2.93. The van der Waals surface area contributed by atoms with Crippen LogP contribution in [0.3, 0.4) is 0 Å². The van der Waals surface area contributed by atoms with E-state index < -0.39 is 5.38 Å². The fraction of sp³-hybridized carbons (Fsp3) is 0.667. The van der Waals surface area contributed by atoms with Gasteiger partial charge in [0.25, 0.3) is 0 Å². The highest BCUT2D eigenvalue weighted by Gasteiger charge is 2.10. The molecule has 0 spiro atoms. The number of hydrogen-bond acceptors (Lipinski definition) is 3. The molecule has 1 unspecified atom stereocenters. The molecule has 0 aliphatic carbocycles. The molecule has 0 saturated carbocycles. The van der Waals surface area contributed by atoms with Crippen LogP contribution in [0.25, 0.3) is 0 Å². The van der Waals surface area contributed by atoms with Crippen molar-refractivity contribution < 1.29 is 0 Å². The molecule has 76 valence electrons. The summed E-state index contributed by atoms with van der Waals surface area (Å²) in [5.41, 5.74) is 0. The minimum Gasteiger partial charge on any atom is -0.247 e. The molecule has 0 radical (unpaired) electrons. The van der Waals surface area contributed by atoms with Crippen molar-refractivity contribution in [3.05, 3.63) is 11.6 Å². The fourth-order valence-corrected chi connectivity index (χ4v) is 1.31. The largest absolute Gasteiger partial charge is 0.247 e. The summed E-state index contributed by atoms with van der Waals surface area (Å²) < 4.78 is 1.72. The Balaban J connectivity index is 2.84. The van der Waals surface area contributed by atoms with Crippen molar-refractivity contribution in [2.24, 2.45) is 0 Å². The van der Waals surface area contributed by atoms with E-state index in [1.54, 1.807) is 4.68 Å². The average molecular weight is 213 g/mol. The maximum atomic E-state index is 8.58. The van der Waals surface area contributed by atoms with Crippen LogP contribution in [0.2, 0.25) is 0 Å². The minimum absolute atomic E-state index is 0.411. The van der Waals surface area contributed by atoms with Crippen molar-refractivity contribution in [3.63, 3.8) is 0 Å². The van der Waals surface area contributed by atoms with Crippen LogP contribution in [0.1, 0.15) is 25.5 Å². The van der Waals surface area contributed by atoms with E-state index in [1.807, 2.05) is 19.9 Å². The molecule has 14 heavy (non-hydrogen) atoms. The lowest BCUT2D eigenvalue weighted by atomic mass is 10.4. The number of aromatic nitrogens is 3. The first-order valence-corrected chi connectivity index (χ1v) is 5.11. The quantitative estimate of drug-likeness (QED) is 0.712. The van der Waals surface area contributed by atoms with Gasteiger partial charge in [-0.1, -0.05) is 13.8 Å². The molecule has 0 aromatic carbocycles. The van der Waals surface area contributed by atoms with Crippen molar-refractivity contribution in [1.82, 2.24) is 14.8 Å². The van der Waals surface area contributed by atoms with Gasteiger partial charge in [0, 0.05) is 12.8 Å². The number of halogens is 1. The summed E-state index contributed by atoms with van der Waals surface area (Å²) in [4.78, 5) is 4.32. The number of nitrogens with zero attached hydrogens (tertiary/aromatic N) is 4. The lowest BCUT2D eigenvalue weighted by Crippen LogP contribution is -2.12. The number of hydrogen-bond donors (Lipinski definition) is 0. The molecule has 1 rings (SSSR count). The van der Waals surface area contributed by atoms with Gasteiger partial charge in [-0.25, -0.2) is 9.67 Å². The highest BCUT2D eigenvalue weighted by atomic mass is 35.5. The first kappa shape index (κ1) is 11.0. The van der Waals surface area contributed by atoms with E-state index in [2.05, 4.69) is 10.1 Å². The van der Waals surface area contributed by atoms with E-state index in [0.717, 1.165) is 24.5 Å². The smallest absolute Gasteiger partial charge is 0.150 e. The fourth-order valence-electron chi connectivity index (χ4n) is 1.18. The molecule has 0 aliphatic heterocycles. The van der Waals surface area contributed by atoms with Crippen LogP contribution in [-0.4, -0.2) is 20.1 Å². The molecule has 0 bridgehead atoms. The Hall–Kier alpha value is -1.08. The van der Waals surface area contributed by atoms with Gasteiger partial charge in [0.2, 0.25) is 0 Å². The molecule has 5 heteroatoms. The zero-order valence-electron chi connectivity index (χ0n) is 8.37. The Morgan fingerprint density at radius 3 is 2.71 bits per heavy atom. The van der Waals surface area contributed by atoms with Crippen molar-refractivity contribution in [3.8, 4) is 6.07 Å². The van der Waals surface area contributed by atoms with Gasteiger partial charge in [0.1, 0.15) is 11.2 Å². The van der Waals surface area contributed by atoms with Gasteiger partial charge < -0.3 is 0 Å². The van der Waals surface area contributed by atoms with Crippen molar-refractivity contribution in [1.29, 1.82) is 5.26 Å². The SMILES string of the molecule is CCc1nc(CC)n(CC(Cl)C#N)n1. The molecular weight excluding hydrogens is 200 g/mol. The van der Waals surface area contributed by atoms with Crippen LogP contribution < -0.4 is 0 Å². The Morgan fingerprint density at radius 2 is 2.21 bits per heavy atom. The Morgan fingerprint density at radius 1 is 1.50 bits per heavy atom. The topological polar surface area (TPSA) is 54.5 Å². The number of nitriles is 1. The van der Waals surface area contributed by atoms with E-state index >= 15 is 0 Å². The number of aryl methyl sites for hydroxylation is 2. The molecule has 4 nitrogen and oxygen atoms in total. The Labute approximate surface area is 88.5 Å². The van der Waals surface area contributed by atoms with E-state index in [-0.39, 0.29) is 0 Å². The van der Waals surface area contributed by atoms with Crippen LogP contribution >= 0.6 is 11.6 Å². The van der Waals surface area contributed by atoms with E-state index in [9.17, 15) is 0 Å². The lowest BCUT2D eigenvalue weighted by molar-refractivity contribution is 0.592. The van der Waals surface area contributed by atoms with Gasteiger partial charge in [-0.2, -0.15) is 10.4 Å². The second-order valence-corrected chi connectivity index (χ2v) is 3.46. The highest BCUT2D eigenvalue weighted by Crippen LogP contribution is 2.04. The standard InChI is InChI=1S/C9H13ClN4/c1-3-8-12-9(4-2)14(13-8)6-7(10)5-11/h7H,3-4,6H2,1-2H3. The molecular formula is C9H13ClN4. The summed E-state index contributed by atoms with van der Waals surface area (Å²) in [6, 6.07) is 1.97. The molecule has 0 fully saturated rings. The zero-order valence-corrected chi connectivity index (χ0v) is 9.12.